The standard InChI is InChI=1S/C14H30N2O/c1-10(2)7-14(13(15)17,8-11(3)4)16-9-12(5)6/h10-12,16H,7-9H2,1-6H3,(H2,15,17). The molecule has 0 aliphatic carbocycles. The van der Waals surface area contributed by atoms with Crippen LogP contribution in [0.5, 0.6) is 0 Å². The molecule has 3 N–H and O–H groups in total. The number of nitrogens with one attached hydrogen (secondary N) is 1. The summed E-state index contributed by atoms with van der Waals surface area (Å²) in [5.41, 5.74) is 5.12. The van der Waals surface area contributed by atoms with Crippen molar-refractivity contribution >= 4 is 5.91 Å². The summed E-state index contributed by atoms with van der Waals surface area (Å²) in [4.78, 5) is 11.9. The molecule has 1 amide bonds. The van der Waals surface area contributed by atoms with Gasteiger partial charge in [0.1, 0.15) is 0 Å². The second-order valence-electron chi connectivity index (χ2n) is 6.42. The van der Waals surface area contributed by atoms with Crippen molar-refractivity contribution in [1.82, 2.24) is 5.32 Å². The van der Waals surface area contributed by atoms with Crippen LogP contribution in [0.4, 0.5) is 0 Å². The Kier molecular flexibility index (Phi) is 6.76. The first-order valence-corrected chi connectivity index (χ1v) is 6.74. The molecule has 0 aliphatic heterocycles. The number of hydrogen-bond acceptors (Lipinski definition) is 2. The smallest absolute Gasteiger partial charge is 0.237 e. The average molecular weight is 242 g/mol. The molecule has 0 rings (SSSR count). The summed E-state index contributed by atoms with van der Waals surface area (Å²) >= 11 is 0. The van der Waals surface area contributed by atoms with Crippen LogP contribution >= 0.6 is 0 Å². The fourth-order valence-electron chi connectivity index (χ4n) is 2.31. The fraction of sp³-hybridized carbons (Fsp3) is 0.929. The van der Waals surface area contributed by atoms with Gasteiger partial charge in [-0.1, -0.05) is 41.5 Å². The monoisotopic (exact) mass is 242 g/mol. The Balaban J connectivity index is 4.88. The molecule has 0 spiro atoms. The number of hydrogen-bond donors (Lipinski definition) is 2. The highest BCUT2D eigenvalue weighted by atomic mass is 16.1. The maximum Gasteiger partial charge on any atom is 0.237 e. The van der Waals surface area contributed by atoms with Gasteiger partial charge in [0.15, 0.2) is 0 Å². The van der Waals surface area contributed by atoms with E-state index in [2.05, 4.69) is 46.9 Å². The molecule has 17 heavy (non-hydrogen) atoms. The SMILES string of the molecule is CC(C)CNC(CC(C)C)(CC(C)C)C(N)=O. The summed E-state index contributed by atoms with van der Waals surface area (Å²) in [6.45, 7) is 13.7. The van der Waals surface area contributed by atoms with Crippen molar-refractivity contribution in [2.24, 2.45) is 23.5 Å². The zero-order valence-corrected chi connectivity index (χ0v) is 12.3. The Labute approximate surface area is 107 Å². The third kappa shape index (κ3) is 6.06. The molecule has 0 saturated heterocycles. The Morgan fingerprint density at radius 3 is 1.65 bits per heavy atom. The first-order valence-electron chi connectivity index (χ1n) is 6.74. The van der Waals surface area contributed by atoms with Crippen LogP contribution in [0.15, 0.2) is 0 Å². The van der Waals surface area contributed by atoms with Crippen LogP contribution in [0, 0.1) is 17.8 Å². The Bertz CT molecular complexity index is 224. The second kappa shape index (κ2) is 7.00. The van der Waals surface area contributed by atoms with E-state index < -0.39 is 5.54 Å². The summed E-state index contributed by atoms with van der Waals surface area (Å²) < 4.78 is 0. The van der Waals surface area contributed by atoms with Gasteiger partial charge in [-0.25, -0.2) is 0 Å². The van der Waals surface area contributed by atoms with E-state index in [1.54, 1.807) is 0 Å². The Hall–Kier alpha value is -0.570. The third-order valence-corrected chi connectivity index (χ3v) is 2.83. The Morgan fingerprint density at radius 2 is 1.41 bits per heavy atom. The van der Waals surface area contributed by atoms with E-state index in [1.165, 1.54) is 0 Å². The van der Waals surface area contributed by atoms with Crippen molar-refractivity contribution < 1.29 is 4.79 Å². The quantitative estimate of drug-likeness (QED) is 0.687. The van der Waals surface area contributed by atoms with Crippen molar-refractivity contribution in [1.29, 1.82) is 0 Å². The van der Waals surface area contributed by atoms with Gasteiger partial charge in [0, 0.05) is 0 Å². The van der Waals surface area contributed by atoms with Gasteiger partial charge < -0.3 is 11.1 Å². The lowest BCUT2D eigenvalue weighted by Crippen LogP contribution is -2.57. The molecule has 0 unspecified atom stereocenters. The van der Waals surface area contributed by atoms with Gasteiger partial charge in [-0.3, -0.25) is 4.79 Å². The molecule has 0 atom stereocenters. The molecule has 0 aliphatic rings. The molecule has 0 bridgehead atoms. The van der Waals surface area contributed by atoms with Gasteiger partial charge >= 0.3 is 0 Å². The summed E-state index contributed by atoms with van der Waals surface area (Å²) in [6, 6.07) is 0. The topological polar surface area (TPSA) is 55.1 Å². The second-order valence-corrected chi connectivity index (χ2v) is 6.42. The highest BCUT2D eigenvalue weighted by Crippen LogP contribution is 2.25. The lowest BCUT2D eigenvalue weighted by molar-refractivity contribution is -0.126. The molecular weight excluding hydrogens is 212 g/mol. The zero-order chi connectivity index (χ0) is 13.6. The maximum atomic E-state index is 11.9. The minimum Gasteiger partial charge on any atom is -0.368 e. The van der Waals surface area contributed by atoms with Gasteiger partial charge in [-0.2, -0.15) is 0 Å². The Morgan fingerprint density at radius 1 is 1.00 bits per heavy atom. The minimum absolute atomic E-state index is 0.208. The lowest BCUT2D eigenvalue weighted by Gasteiger charge is -2.35. The largest absolute Gasteiger partial charge is 0.368 e. The summed E-state index contributed by atoms with van der Waals surface area (Å²) in [5.74, 6) is 1.23. The molecule has 3 nitrogen and oxygen atoms in total. The molecular formula is C14H30N2O. The number of primary amides is 1. The van der Waals surface area contributed by atoms with Crippen LogP contribution in [0.25, 0.3) is 0 Å². The van der Waals surface area contributed by atoms with Crippen molar-refractivity contribution in [3.63, 3.8) is 0 Å². The number of rotatable bonds is 8. The van der Waals surface area contributed by atoms with Crippen LogP contribution in [-0.2, 0) is 4.79 Å². The van der Waals surface area contributed by atoms with E-state index in [9.17, 15) is 4.79 Å². The summed E-state index contributed by atoms with van der Waals surface area (Å²) in [7, 11) is 0. The number of carbonyl (C=O) groups excluding carboxylic acids is 1. The van der Waals surface area contributed by atoms with E-state index >= 15 is 0 Å². The maximum absolute atomic E-state index is 11.9. The van der Waals surface area contributed by atoms with E-state index in [0.29, 0.717) is 17.8 Å². The lowest BCUT2D eigenvalue weighted by atomic mass is 9.81. The van der Waals surface area contributed by atoms with E-state index in [4.69, 9.17) is 5.73 Å². The highest BCUT2D eigenvalue weighted by Gasteiger charge is 2.37. The van der Waals surface area contributed by atoms with Gasteiger partial charge in [0.25, 0.3) is 0 Å². The van der Waals surface area contributed by atoms with Crippen molar-refractivity contribution in [2.75, 3.05) is 6.54 Å². The van der Waals surface area contributed by atoms with Gasteiger partial charge in [0.05, 0.1) is 5.54 Å². The van der Waals surface area contributed by atoms with Gasteiger partial charge in [-0.15, -0.1) is 0 Å². The van der Waals surface area contributed by atoms with E-state index in [0.717, 1.165) is 19.4 Å². The molecule has 102 valence electrons. The molecule has 0 radical (unpaired) electrons. The van der Waals surface area contributed by atoms with Crippen molar-refractivity contribution in [2.45, 2.75) is 59.9 Å². The average Bonchev–Trinajstić information content (AvgIpc) is 2.11. The zero-order valence-electron chi connectivity index (χ0n) is 12.3. The van der Waals surface area contributed by atoms with Gasteiger partial charge in [-0.05, 0) is 37.1 Å². The molecule has 0 fully saturated rings. The first kappa shape index (κ1) is 16.4. The third-order valence-electron chi connectivity index (χ3n) is 2.83. The van der Waals surface area contributed by atoms with Crippen LogP contribution < -0.4 is 11.1 Å². The first-order chi connectivity index (χ1) is 7.69. The van der Waals surface area contributed by atoms with Crippen LogP contribution in [0.3, 0.4) is 0 Å². The number of carbonyl (C=O) groups is 1. The van der Waals surface area contributed by atoms with E-state index in [1.807, 2.05) is 0 Å². The molecule has 3 heteroatoms. The minimum atomic E-state index is -0.535. The van der Waals surface area contributed by atoms with Crippen molar-refractivity contribution in [3.8, 4) is 0 Å². The van der Waals surface area contributed by atoms with Crippen LogP contribution in [0.1, 0.15) is 54.4 Å². The van der Waals surface area contributed by atoms with E-state index in [-0.39, 0.29) is 5.91 Å². The fourth-order valence-corrected chi connectivity index (χ4v) is 2.31. The highest BCUT2D eigenvalue weighted by molar-refractivity contribution is 5.84. The summed E-state index contributed by atoms with van der Waals surface area (Å²) in [5, 5.41) is 3.42. The molecule has 0 aromatic carbocycles. The predicted octanol–water partition coefficient (Wildman–Crippen LogP) is 2.55. The summed E-state index contributed by atoms with van der Waals surface area (Å²) in [6.07, 6.45) is 1.63. The number of amides is 1. The molecule has 0 heterocycles. The van der Waals surface area contributed by atoms with Crippen molar-refractivity contribution in [3.05, 3.63) is 0 Å². The molecule has 0 aromatic heterocycles. The van der Waals surface area contributed by atoms with Crippen LogP contribution in [-0.4, -0.2) is 18.0 Å². The molecule has 0 saturated carbocycles. The predicted molar refractivity (Wildman–Crippen MR) is 73.7 cm³/mol. The van der Waals surface area contributed by atoms with Gasteiger partial charge in [0.2, 0.25) is 5.91 Å². The normalized spacial score (nSPS) is 12.8. The molecule has 0 aromatic rings. The number of nitrogens with two attached hydrogens (primary N) is 1. The van der Waals surface area contributed by atoms with Crippen LogP contribution in [0.2, 0.25) is 0 Å².